The first-order valence-electron chi connectivity index (χ1n) is 13.1. The maximum absolute atomic E-state index is 9.84. The third-order valence-corrected chi connectivity index (χ3v) is 9.11. The van der Waals surface area contributed by atoms with Gasteiger partial charge in [0.25, 0.3) is 0 Å². The van der Waals surface area contributed by atoms with Crippen molar-refractivity contribution >= 4 is 0 Å². The summed E-state index contributed by atoms with van der Waals surface area (Å²) in [5.41, 5.74) is 0.0324. The highest BCUT2D eigenvalue weighted by Crippen LogP contribution is 2.50. The van der Waals surface area contributed by atoms with Crippen LogP contribution in [0.5, 0.6) is 0 Å². The van der Waals surface area contributed by atoms with Gasteiger partial charge in [0.1, 0.15) is 0 Å². The van der Waals surface area contributed by atoms with Crippen LogP contribution in [0.25, 0.3) is 0 Å². The fourth-order valence-corrected chi connectivity index (χ4v) is 7.39. The van der Waals surface area contributed by atoms with Gasteiger partial charge in [0.2, 0.25) is 0 Å². The Morgan fingerprint density at radius 3 is 1.93 bits per heavy atom. The van der Waals surface area contributed by atoms with E-state index in [4.69, 9.17) is 0 Å². The van der Waals surface area contributed by atoms with Crippen molar-refractivity contribution in [3.63, 3.8) is 0 Å². The van der Waals surface area contributed by atoms with E-state index in [0.29, 0.717) is 0 Å². The summed E-state index contributed by atoms with van der Waals surface area (Å²) in [6, 6.07) is 2.77. The standard InChI is InChI=1S/C27H47N/c1-3-5-6-8-22-10-12-23(13-11-22)24-14-16-25(17-15-24)26-9-7-19-27(20-26,21-28)18-4-2/h22-26H,3-20H2,1-2H3/t22-,23-,24-,25-,26?,27?. The molecule has 28 heavy (non-hydrogen) atoms. The van der Waals surface area contributed by atoms with Crippen molar-refractivity contribution < 1.29 is 0 Å². The molecule has 3 aliphatic rings. The summed E-state index contributed by atoms with van der Waals surface area (Å²) in [5.74, 6) is 4.93. The first-order valence-corrected chi connectivity index (χ1v) is 13.1. The Labute approximate surface area is 176 Å². The molecule has 3 fully saturated rings. The van der Waals surface area contributed by atoms with Crippen molar-refractivity contribution in [3.8, 4) is 6.07 Å². The van der Waals surface area contributed by atoms with Crippen LogP contribution in [-0.2, 0) is 0 Å². The fourth-order valence-electron chi connectivity index (χ4n) is 7.39. The summed E-state index contributed by atoms with van der Waals surface area (Å²) < 4.78 is 0. The second-order valence-corrected chi connectivity index (χ2v) is 11.0. The molecular formula is C27H47N. The molecule has 3 saturated carbocycles. The quantitative estimate of drug-likeness (QED) is 0.383. The maximum Gasteiger partial charge on any atom is 0.0689 e. The molecule has 1 nitrogen and oxygen atoms in total. The molecular weight excluding hydrogens is 338 g/mol. The smallest absolute Gasteiger partial charge is 0.0689 e. The Hall–Kier alpha value is -0.510. The van der Waals surface area contributed by atoms with Gasteiger partial charge >= 0.3 is 0 Å². The van der Waals surface area contributed by atoms with Gasteiger partial charge in [-0.1, -0.05) is 71.6 Å². The normalized spacial score (nSPS) is 39.4. The molecule has 0 saturated heterocycles. The molecule has 0 heterocycles. The molecule has 3 rings (SSSR count). The van der Waals surface area contributed by atoms with Crippen molar-refractivity contribution in [2.45, 2.75) is 129 Å². The molecule has 0 aromatic heterocycles. The lowest BCUT2D eigenvalue weighted by Crippen LogP contribution is -2.34. The zero-order valence-corrected chi connectivity index (χ0v) is 19.1. The van der Waals surface area contributed by atoms with E-state index in [-0.39, 0.29) is 5.41 Å². The minimum Gasteiger partial charge on any atom is -0.198 e. The summed E-state index contributed by atoms with van der Waals surface area (Å²) in [5, 5.41) is 9.84. The van der Waals surface area contributed by atoms with Crippen molar-refractivity contribution in [1.82, 2.24) is 0 Å². The Morgan fingerprint density at radius 2 is 1.36 bits per heavy atom. The number of hydrogen-bond acceptors (Lipinski definition) is 1. The predicted octanol–water partition coefficient (Wildman–Crippen LogP) is 8.68. The molecule has 1 heteroatoms. The topological polar surface area (TPSA) is 23.8 Å². The van der Waals surface area contributed by atoms with Gasteiger partial charge in [-0.25, -0.2) is 0 Å². The largest absolute Gasteiger partial charge is 0.198 e. The van der Waals surface area contributed by atoms with Crippen LogP contribution >= 0.6 is 0 Å². The van der Waals surface area contributed by atoms with Crippen LogP contribution in [0.15, 0.2) is 0 Å². The SMILES string of the molecule is CCCCC[C@H]1CC[C@H]([C@H]2CC[C@H](C3CCCC(C#N)(CCC)C3)CC2)CC1. The zero-order valence-electron chi connectivity index (χ0n) is 19.1. The van der Waals surface area contributed by atoms with E-state index in [0.717, 1.165) is 36.0 Å². The molecule has 0 N–H and O–H groups in total. The summed E-state index contributed by atoms with van der Waals surface area (Å²) >= 11 is 0. The van der Waals surface area contributed by atoms with Gasteiger partial charge in [0.15, 0.2) is 0 Å². The molecule has 0 radical (unpaired) electrons. The van der Waals surface area contributed by atoms with Crippen LogP contribution in [0.1, 0.15) is 129 Å². The molecule has 0 aromatic rings. The van der Waals surface area contributed by atoms with Crippen LogP contribution in [0.4, 0.5) is 0 Å². The average Bonchev–Trinajstić information content (AvgIpc) is 2.75. The third-order valence-electron chi connectivity index (χ3n) is 9.11. The van der Waals surface area contributed by atoms with Gasteiger partial charge in [-0.05, 0) is 87.4 Å². The number of nitriles is 1. The Balaban J connectivity index is 1.41. The van der Waals surface area contributed by atoms with Gasteiger partial charge < -0.3 is 0 Å². The van der Waals surface area contributed by atoms with Gasteiger partial charge in [-0.15, -0.1) is 0 Å². The first kappa shape index (κ1) is 22.2. The minimum atomic E-state index is 0.0324. The molecule has 0 aromatic carbocycles. The highest BCUT2D eigenvalue weighted by atomic mass is 14.5. The monoisotopic (exact) mass is 385 g/mol. The molecule has 0 spiro atoms. The molecule has 0 aliphatic heterocycles. The number of unbranched alkanes of at least 4 members (excludes halogenated alkanes) is 2. The molecule has 160 valence electrons. The molecule has 2 atom stereocenters. The lowest BCUT2D eigenvalue weighted by molar-refractivity contribution is 0.0820. The van der Waals surface area contributed by atoms with Gasteiger partial charge in [0, 0.05) is 0 Å². The molecule has 2 unspecified atom stereocenters. The summed E-state index contributed by atoms with van der Waals surface area (Å²) in [6.07, 6.45) is 25.3. The third kappa shape index (κ3) is 5.77. The van der Waals surface area contributed by atoms with Crippen molar-refractivity contribution in [2.24, 2.45) is 35.0 Å². The Kier molecular flexibility index (Phi) is 8.74. The lowest BCUT2D eigenvalue weighted by Gasteiger charge is -2.43. The van der Waals surface area contributed by atoms with E-state index in [1.165, 1.54) is 109 Å². The van der Waals surface area contributed by atoms with E-state index in [1.807, 2.05) is 0 Å². The summed E-state index contributed by atoms with van der Waals surface area (Å²) in [7, 11) is 0. The van der Waals surface area contributed by atoms with Crippen LogP contribution < -0.4 is 0 Å². The minimum absolute atomic E-state index is 0.0324. The van der Waals surface area contributed by atoms with Crippen LogP contribution in [0, 0.1) is 46.3 Å². The predicted molar refractivity (Wildman–Crippen MR) is 120 cm³/mol. The van der Waals surface area contributed by atoms with E-state index >= 15 is 0 Å². The van der Waals surface area contributed by atoms with Crippen molar-refractivity contribution in [1.29, 1.82) is 5.26 Å². The van der Waals surface area contributed by atoms with Crippen LogP contribution in [0.2, 0.25) is 0 Å². The summed E-state index contributed by atoms with van der Waals surface area (Å²) in [6.45, 7) is 4.58. The summed E-state index contributed by atoms with van der Waals surface area (Å²) in [4.78, 5) is 0. The van der Waals surface area contributed by atoms with Gasteiger partial charge in [0.05, 0.1) is 11.5 Å². The Morgan fingerprint density at radius 1 is 0.750 bits per heavy atom. The number of nitrogens with zero attached hydrogens (tertiary/aromatic N) is 1. The zero-order chi connectivity index (χ0) is 19.8. The van der Waals surface area contributed by atoms with E-state index < -0.39 is 0 Å². The first-order chi connectivity index (χ1) is 13.7. The maximum atomic E-state index is 9.84. The van der Waals surface area contributed by atoms with Gasteiger partial charge in [-0.2, -0.15) is 5.26 Å². The molecule has 0 amide bonds. The van der Waals surface area contributed by atoms with Crippen LogP contribution in [0.3, 0.4) is 0 Å². The highest BCUT2D eigenvalue weighted by molar-refractivity contribution is 5.03. The molecule has 0 bridgehead atoms. The fraction of sp³-hybridized carbons (Fsp3) is 0.963. The Bertz CT molecular complexity index is 471. The number of rotatable bonds is 8. The van der Waals surface area contributed by atoms with Crippen LogP contribution in [-0.4, -0.2) is 0 Å². The average molecular weight is 386 g/mol. The highest BCUT2D eigenvalue weighted by Gasteiger charge is 2.40. The van der Waals surface area contributed by atoms with Gasteiger partial charge in [-0.3, -0.25) is 0 Å². The van der Waals surface area contributed by atoms with Crippen molar-refractivity contribution in [3.05, 3.63) is 0 Å². The van der Waals surface area contributed by atoms with Crippen molar-refractivity contribution in [2.75, 3.05) is 0 Å². The van der Waals surface area contributed by atoms with E-state index in [1.54, 1.807) is 0 Å². The van der Waals surface area contributed by atoms with E-state index in [2.05, 4.69) is 19.9 Å². The van der Waals surface area contributed by atoms with E-state index in [9.17, 15) is 5.26 Å². The number of hydrogen-bond donors (Lipinski definition) is 0. The second-order valence-electron chi connectivity index (χ2n) is 11.0. The second kappa shape index (κ2) is 11.0. The molecule has 3 aliphatic carbocycles. The lowest BCUT2D eigenvalue weighted by atomic mass is 9.61.